The highest BCUT2D eigenvalue weighted by Crippen LogP contribution is 2.20. The van der Waals surface area contributed by atoms with Crippen LogP contribution in [0.2, 0.25) is 5.02 Å². The molecule has 2 heterocycles. The van der Waals surface area contributed by atoms with Crippen molar-refractivity contribution in [2.24, 2.45) is 0 Å². The number of hydrogen-bond acceptors (Lipinski definition) is 4. The number of pyridine rings is 1. The van der Waals surface area contributed by atoms with E-state index in [1.807, 2.05) is 43.3 Å². The molecule has 1 saturated heterocycles. The molecule has 0 aliphatic carbocycles. The Balaban J connectivity index is 1.48. The molecule has 25 heavy (non-hydrogen) atoms. The lowest BCUT2D eigenvalue weighted by Gasteiger charge is -2.38. The fraction of sp³-hybridized carbons (Fsp3) is 0.368. The topological polar surface area (TPSA) is 48.5 Å². The smallest absolute Gasteiger partial charge is 0.237 e. The minimum atomic E-state index is -0.130. The van der Waals surface area contributed by atoms with E-state index in [0.717, 1.165) is 36.8 Å². The lowest BCUT2D eigenvalue weighted by Crippen LogP contribution is -2.53. The Hall–Kier alpha value is -2.11. The molecular formula is C19H23ClN4O. The normalized spacial score (nSPS) is 16.5. The molecule has 3 rings (SSSR count). The first kappa shape index (κ1) is 17.7. The lowest BCUT2D eigenvalue weighted by molar-refractivity contribution is -0.126. The number of benzene rings is 1. The number of hydrogen-bond donors (Lipinski definition) is 1. The molecule has 5 nitrogen and oxygen atoms in total. The zero-order valence-corrected chi connectivity index (χ0v) is 15.1. The largest absolute Gasteiger partial charge is 0.369 e. The van der Waals surface area contributed by atoms with E-state index in [1.54, 1.807) is 12.4 Å². The number of piperazine rings is 1. The molecule has 1 aromatic heterocycles. The summed E-state index contributed by atoms with van der Waals surface area (Å²) >= 11 is 5.95. The van der Waals surface area contributed by atoms with E-state index in [1.165, 1.54) is 5.69 Å². The Kier molecular flexibility index (Phi) is 5.89. The summed E-state index contributed by atoms with van der Waals surface area (Å²) in [6.07, 6.45) is 3.47. The van der Waals surface area contributed by atoms with Crippen molar-refractivity contribution in [3.63, 3.8) is 0 Å². The highest BCUT2D eigenvalue weighted by Gasteiger charge is 2.25. The van der Waals surface area contributed by atoms with Gasteiger partial charge in [0, 0.05) is 55.8 Å². The quantitative estimate of drug-likeness (QED) is 0.892. The molecule has 1 fully saturated rings. The van der Waals surface area contributed by atoms with Gasteiger partial charge in [-0.15, -0.1) is 0 Å². The van der Waals surface area contributed by atoms with Crippen LogP contribution in [0.15, 0.2) is 48.8 Å². The molecule has 2 aromatic rings. The van der Waals surface area contributed by atoms with Gasteiger partial charge in [-0.05, 0) is 48.9 Å². The average Bonchev–Trinajstić information content (AvgIpc) is 2.67. The van der Waals surface area contributed by atoms with Crippen LogP contribution in [0.25, 0.3) is 0 Å². The first-order valence-corrected chi connectivity index (χ1v) is 8.92. The van der Waals surface area contributed by atoms with Gasteiger partial charge in [0.15, 0.2) is 0 Å². The zero-order valence-electron chi connectivity index (χ0n) is 14.4. The number of carbonyl (C=O) groups is 1. The Labute approximate surface area is 153 Å². The molecule has 1 atom stereocenters. The van der Waals surface area contributed by atoms with Crippen molar-refractivity contribution in [1.82, 2.24) is 15.2 Å². The third kappa shape index (κ3) is 4.71. The Morgan fingerprint density at radius 2 is 1.76 bits per heavy atom. The number of carbonyl (C=O) groups excluding carboxylic acids is 1. The molecule has 1 amide bonds. The van der Waals surface area contributed by atoms with Gasteiger partial charge < -0.3 is 10.2 Å². The van der Waals surface area contributed by atoms with Gasteiger partial charge in [0.2, 0.25) is 5.91 Å². The second-order valence-electron chi connectivity index (χ2n) is 6.25. The molecule has 1 aliphatic heterocycles. The van der Waals surface area contributed by atoms with Crippen molar-refractivity contribution in [2.45, 2.75) is 19.5 Å². The van der Waals surface area contributed by atoms with E-state index >= 15 is 0 Å². The van der Waals surface area contributed by atoms with Crippen LogP contribution < -0.4 is 10.2 Å². The number of anilines is 1. The van der Waals surface area contributed by atoms with E-state index in [2.05, 4.69) is 20.1 Å². The van der Waals surface area contributed by atoms with Crippen LogP contribution in [-0.2, 0) is 11.3 Å². The maximum absolute atomic E-state index is 12.4. The van der Waals surface area contributed by atoms with Crippen LogP contribution in [0, 0.1) is 0 Å². The van der Waals surface area contributed by atoms with Crippen LogP contribution in [0.3, 0.4) is 0 Å². The molecule has 0 bridgehead atoms. The summed E-state index contributed by atoms with van der Waals surface area (Å²) in [5.41, 5.74) is 2.24. The molecule has 0 spiro atoms. The van der Waals surface area contributed by atoms with E-state index in [0.29, 0.717) is 6.54 Å². The maximum atomic E-state index is 12.4. The molecule has 1 N–H and O–H groups in total. The fourth-order valence-corrected chi connectivity index (χ4v) is 3.15. The number of aromatic nitrogens is 1. The number of nitrogens with one attached hydrogen (secondary N) is 1. The number of rotatable bonds is 5. The Bertz CT molecular complexity index is 684. The maximum Gasteiger partial charge on any atom is 0.237 e. The van der Waals surface area contributed by atoms with Crippen molar-refractivity contribution < 1.29 is 4.79 Å². The second-order valence-corrected chi connectivity index (χ2v) is 6.69. The van der Waals surface area contributed by atoms with Crippen LogP contribution in [0.4, 0.5) is 5.69 Å². The predicted molar refractivity (Wildman–Crippen MR) is 101 cm³/mol. The van der Waals surface area contributed by atoms with Crippen LogP contribution in [0.5, 0.6) is 0 Å². The van der Waals surface area contributed by atoms with Crippen LogP contribution in [-0.4, -0.2) is 48.0 Å². The van der Waals surface area contributed by atoms with Crippen LogP contribution >= 0.6 is 11.6 Å². The molecule has 132 valence electrons. The van der Waals surface area contributed by atoms with E-state index in [9.17, 15) is 4.79 Å². The zero-order chi connectivity index (χ0) is 17.6. The molecule has 6 heteroatoms. The fourth-order valence-electron chi connectivity index (χ4n) is 3.02. The lowest BCUT2D eigenvalue weighted by atomic mass is 10.2. The van der Waals surface area contributed by atoms with E-state index in [4.69, 9.17) is 11.6 Å². The number of nitrogens with zero attached hydrogens (tertiary/aromatic N) is 3. The highest BCUT2D eigenvalue weighted by molar-refractivity contribution is 6.30. The third-order valence-electron chi connectivity index (χ3n) is 4.65. The molecule has 0 radical (unpaired) electrons. The van der Waals surface area contributed by atoms with E-state index in [-0.39, 0.29) is 11.9 Å². The molecule has 1 aliphatic rings. The van der Waals surface area contributed by atoms with Gasteiger partial charge in [0.1, 0.15) is 0 Å². The average molecular weight is 359 g/mol. The number of halogens is 1. The highest BCUT2D eigenvalue weighted by atomic mass is 35.5. The first-order valence-electron chi connectivity index (χ1n) is 8.54. The Morgan fingerprint density at radius 3 is 2.40 bits per heavy atom. The van der Waals surface area contributed by atoms with Crippen molar-refractivity contribution in [1.29, 1.82) is 0 Å². The van der Waals surface area contributed by atoms with Crippen molar-refractivity contribution in [2.75, 3.05) is 31.1 Å². The summed E-state index contributed by atoms with van der Waals surface area (Å²) in [6, 6.07) is 11.6. The third-order valence-corrected chi connectivity index (χ3v) is 4.90. The molecule has 0 unspecified atom stereocenters. The number of amides is 1. The monoisotopic (exact) mass is 358 g/mol. The van der Waals surface area contributed by atoms with Crippen molar-refractivity contribution in [3.05, 3.63) is 59.4 Å². The Morgan fingerprint density at radius 1 is 1.12 bits per heavy atom. The second kappa shape index (κ2) is 8.32. The van der Waals surface area contributed by atoms with Gasteiger partial charge in [-0.3, -0.25) is 14.7 Å². The molecule has 1 aromatic carbocycles. The molecular weight excluding hydrogens is 336 g/mol. The molecule has 0 saturated carbocycles. The standard InChI is InChI=1S/C19H23ClN4O/c1-15(19(25)22-14-16-6-8-21-9-7-16)23-10-12-24(13-11-23)18-4-2-17(20)3-5-18/h2-9,15H,10-14H2,1H3,(H,22,25)/t15-/m0/s1. The minimum Gasteiger partial charge on any atom is -0.369 e. The SMILES string of the molecule is C[C@@H](C(=O)NCc1ccncc1)N1CCN(c2ccc(Cl)cc2)CC1. The first-order chi connectivity index (χ1) is 12.1. The van der Waals surface area contributed by atoms with Gasteiger partial charge in [0.05, 0.1) is 6.04 Å². The van der Waals surface area contributed by atoms with Crippen molar-refractivity contribution >= 4 is 23.2 Å². The summed E-state index contributed by atoms with van der Waals surface area (Å²) in [6.45, 7) is 6.06. The van der Waals surface area contributed by atoms with Crippen molar-refractivity contribution in [3.8, 4) is 0 Å². The summed E-state index contributed by atoms with van der Waals surface area (Å²) in [5, 5.41) is 3.76. The summed E-state index contributed by atoms with van der Waals surface area (Å²) in [7, 11) is 0. The summed E-state index contributed by atoms with van der Waals surface area (Å²) in [4.78, 5) is 21.0. The summed E-state index contributed by atoms with van der Waals surface area (Å²) in [5.74, 6) is 0.0664. The summed E-state index contributed by atoms with van der Waals surface area (Å²) < 4.78 is 0. The van der Waals surface area contributed by atoms with Gasteiger partial charge >= 0.3 is 0 Å². The van der Waals surface area contributed by atoms with E-state index < -0.39 is 0 Å². The predicted octanol–water partition coefficient (Wildman–Crippen LogP) is 2.56. The van der Waals surface area contributed by atoms with Gasteiger partial charge in [-0.25, -0.2) is 0 Å². The van der Waals surface area contributed by atoms with Crippen LogP contribution in [0.1, 0.15) is 12.5 Å². The minimum absolute atomic E-state index is 0.0664. The van der Waals surface area contributed by atoms with Gasteiger partial charge in [0.25, 0.3) is 0 Å². The van der Waals surface area contributed by atoms with Gasteiger partial charge in [-0.2, -0.15) is 0 Å². The van der Waals surface area contributed by atoms with Gasteiger partial charge in [-0.1, -0.05) is 11.6 Å².